The van der Waals surface area contributed by atoms with Crippen molar-refractivity contribution in [3.05, 3.63) is 92.6 Å². The highest BCUT2D eigenvalue weighted by Gasteiger charge is 2.37. The highest BCUT2D eigenvalue weighted by atomic mass is 79.9. The number of hydrogen-bond donors (Lipinski definition) is 1. The molecule has 5 rings (SSSR count). The summed E-state index contributed by atoms with van der Waals surface area (Å²) in [5.41, 5.74) is 3.78. The van der Waals surface area contributed by atoms with Gasteiger partial charge >= 0.3 is 0 Å². The van der Waals surface area contributed by atoms with Crippen LogP contribution in [0.3, 0.4) is 0 Å². The molecule has 0 saturated carbocycles. The van der Waals surface area contributed by atoms with Gasteiger partial charge in [-0.15, -0.1) is 0 Å². The van der Waals surface area contributed by atoms with Crippen molar-refractivity contribution in [3.8, 4) is 0 Å². The Labute approximate surface area is 222 Å². The SMILES string of the molecule is OC1(CCCc2ccccc2)CCN(CC2CN(Cc3ccc(Br)cc3)CC2c2ccsc2)CC1. The Hall–Kier alpha value is -1.50. The zero-order chi connectivity index (χ0) is 24.1. The average Bonchev–Trinajstić information content (AvgIpc) is 3.53. The number of aryl methyl sites for hydroxylation is 1. The maximum atomic E-state index is 11.2. The largest absolute Gasteiger partial charge is 0.390 e. The van der Waals surface area contributed by atoms with Gasteiger partial charge in [0.25, 0.3) is 0 Å². The Kier molecular flexibility index (Phi) is 8.41. The van der Waals surface area contributed by atoms with Crippen LogP contribution < -0.4 is 0 Å². The van der Waals surface area contributed by atoms with Crippen LogP contribution in [-0.4, -0.2) is 53.2 Å². The fraction of sp³-hybridized carbons (Fsp3) is 0.467. The second kappa shape index (κ2) is 11.7. The Morgan fingerprint density at radius 3 is 2.40 bits per heavy atom. The van der Waals surface area contributed by atoms with Crippen LogP contribution in [0.1, 0.15) is 48.3 Å². The monoisotopic (exact) mass is 552 g/mol. The molecule has 1 N–H and O–H groups in total. The normalized spacial score (nSPS) is 23.0. The third kappa shape index (κ3) is 6.84. The second-order valence-corrected chi connectivity index (χ2v) is 12.3. The van der Waals surface area contributed by atoms with E-state index in [2.05, 4.69) is 97.2 Å². The highest BCUT2D eigenvalue weighted by Crippen LogP contribution is 2.36. The molecule has 5 heteroatoms. The van der Waals surface area contributed by atoms with Gasteiger partial charge in [0, 0.05) is 49.7 Å². The highest BCUT2D eigenvalue weighted by molar-refractivity contribution is 9.10. The first kappa shape index (κ1) is 25.2. The Bertz CT molecular complexity index is 1030. The number of aliphatic hydroxyl groups is 1. The lowest BCUT2D eigenvalue weighted by molar-refractivity contribution is -0.0316. The van der Waals surface area contributed by atoms with E-state index >= 15 is 0 Å². The number of piperidine rings is 1. The smallest absolute Gasteiger partial charge is 0.0672 e. The first-order chi connectivity index (χ1) is 17.1. The van der Waals surface area contributed by atoms with Gasteiger partial charge in [-0.05, 0) is 83.7 Å². The van der Waals surface area contributed by atoms with Crippen molar-refractivity contribution in [1.82, 2.24) is 9.80 Å². The first-order valence-corrected chi connectivity index (χ1v) is 14.8. The van der Waals surface area contributed by atoms with Crippen LogP contribution in [0, 0.1) is 5.92 Å². The number of nitrogens with zero attached hydrogens (tertiary/aromatic N) is 2. The van der Waals surface area contributed by atoms with Crippen LogP contribution in [-0.2, 0) is 13.0 Å². The summed E-state index contributed by atoms with van der Waals surface area (Å²) in [7, 11) is 0. The van der Waals surface area contributed by atoms with Crippen LogP contribution in [0.5, 0.6) is 0 Å². The quantitative estimate of drug-likeness (QED) is 0.325. The lowest BCUT2D eigenvalue weighted by atomic mass is 9.84. The van der Waals surface area contributed by atoms with Gasteiger partial charge in [-0.2, -0.15) is 11.3 Å². The number of halogens is 1. The van der Waals surface area contributed by atoms with E-state index in [1.165, 1.54) is 16.7 Å². The predicted octanol–water partition coefficient (Wildman–Crippen LogP) is 6.58. The molecule has 1 aromatic heterocycles. The molecule has 186 valence electrons. The topological polar surface area (TPSA) is 26.7 Å². The van der Waals surface area contributed by atoms with Gasteiger partial charge in [-0.1, -0.05) is 58.4 Å². The molecule has 3 nitrogen and oxygen atoms in total. The molecule has 2 fully saturated rings. The standard InChI is InChI=1S/C30H37BrN2OS/c31-28-10-8-25(9-11-28)19-33-21-27(29(22-33)26-12-18-35-23-26)20-32-16-14-30(34,15-17-32)13-4-7-24-5-2-1-3-6-24/h1-3,5-6,8-12,18,23,27,29,34H,4,7,13-17,19-22H2. The van der Waals surface area contributed by atoms with Crippen molar-refractivity contribution in [2.24, 2.45) is 5.92 Å². The lowest BCUT2D eigenvalue weighted by Gasteiger charge is -2.39. The van der Waals surface area contributed by atoms with Crippen molar-refractivity contribution in [2.45, 2.75) is 50.2 Å². The van der Waals surface area contributed by atoms with Crippen molar-refractivity contribution in [2.75, 3.05) is 32.7 Å². The van der Waals surface area contributed by atoms with Crippen molar-refractivity contribution in [3.63, 3.8) is 0 Å². The molecule has 0 bridgehead atoms. The summed E-state index contributed by atoms with van der Waals surface area (Å²) in [6, 6.07) is 21.8. The van der Waals surface area contributed by atoms with E-state index < -0.39 is 5.60 Å². The molecule has 2 aliphatic rings. The van der Waals surface area contributed by atoms with Crippen LogP contribution >= 0.6 is 27.3 Å². The summed E-state index contributed by atoms with van der Waals surface area (Å²) in [5, 5.41) is 15.8. The molecular formula is C30H37BrN2OS. The van der Waals surface area contributed by atoms with Gasteiger partial charge in [0.05, 0.1) is 5.60 Å². The second-order valence-electron chi connectivity index (χ2n) is 10.6. The summed E-state index contributed by atoms with van der Waals surface area (Å²) in [4.78, 5) is 5.26. The third-order valence-electron chi connectivity index (χ3n) is 8.04. The van der Waals surface area contributed by atoms with E-state index in [1.807, 2.05) is 11.3 Å². The van der Waals surface area contributed by atoms with Gasteiger partial charge < -0.3 is 10.0 Å². The summed E-state index contributed by atoms with van der Waals surface area (Å²) in [5.74, 6) is 1.24. The molecule has 0 aliphatic carbocycles. The maximum absolute atomic E-state index is 11.2. The average molecular weight is 554 g/mol. The number of benzene rings is 2. The molecule has 0 spiro atoms. The number of rotatable bonds is 9. The lowest BCUT2D eigenvalue weighted by Crippen LogP contribution is -2.46. The molecule has 2 saturated heterocycles. The van der Waals surface area contributed by atoms with Crippen LogP contribution in [0.15, 0.2) is 75.9 Å². The Morgan fingerprint density at radius 1 is 0.914 bits per heavy atom. The number of likely N-dealkylation sites (tertiary alicyclic amines) is 2. The fourth-order valence-corrected chi connectivity index (χ4v) is 6.98. The Balaban J connectivity index is 1.14. The van der Waals surface area contributed by atoms with Crippen molar-refractivity contribution < 1.29 is 5.11 Å². The molecule has 2 aliphatic heterocycles. The molecule has 35 heavy (non-hydrogen) atoms. The zero-order valence-corrected chi connectivity index (χ0v) is 22.9. The molecule has 3 heterocycles. The molecule has 0 radical (unpaired) electrons. The molecule has 3 aromatic rings. The zero-order valence-electron chi connectivity index (χ0n) is 20.5. The Morgan fingerprint density at radius 2 is 1.69 bits per heavy atom. The molecule has 2 atom stereocenters. The van der Waals surface area contributed by atoms with E-state index in [-0.39, 0.29) is 0 Å². The summed E-state index contributed by atoms with van der Waals surface area (Å²) < 4.78 is 1.14. The van der Waals surface area contributed by atoms with Gasteiger partial charge in [-0.3, -0.25) is 4.90 Å². The summed E-state index contributed by atoms with van der Waals surface area (Å²) in [6.07, 6.45) is 4.85. The van der Waals surface area contributed by atoms with E-state index in [9.17, 15) is 5.11 Å². The summed E-state index contributed by atoms with van der Waals surface area (Å²) >= 11 is 5.37. The minimum atomic E-state index is -0.485. The number of thiophene rings is 1. The van der Waals surface area contributed by atoms with Gasteiger partial charge in [0.15, 0.2) is 0 Å². The van der Waals surface area contributed by atoms with Crippen molar-refractivity contribution >= 4 is 27.3 Å². The minimum Gasteiger partial charge on any atom is -0.390 e. The third-order valence-corrected chi connectivity index (χ3v) is 9.27. The molecule has 2 unspecified atom stereocenters. The van der Waals surface area contributed by atoms with Gasteiger partial charge in [0.2, 0.25) is 0 Å². The predicted molar refractivity (Wildman–Crippen MR) is 150 cm³/mol. The van der Waals surface area contributed by atoms with Crippen LogP contribution in [0.4, 0.5) is 0 Å². The number of hydrogen-bond acceptors (Lipinski definition) is 4. The van der Waals surface area contributed by atoms with E-state index in [1.54, 1.807) is 0 Å². The van der Waals surface area contributed by atoms with E-state index in [0.717, 1.165) is 75.8 Å². The van der Waals surface area contributed by atoms with Crippen molar-refractivity contribution in [1.29, 1.82) is 0 Å². The molecule has 0 amide bonds. The van der Waals surface area contributed by atoms with Gasteiger partial charge in [0.1, 0.15) is 0 Å². The van der Waals surface area contributed by atoms with Crippen LogP contribution in [0.25, 0.3) is 0 Å². The van der Waals surface area contributed by atoms with Gasteiger partial charge in [-0.25, -0.2) is 0 Å². The first-order valence-electron chi connectivity index (χ1n) is 13.0. The minimum absolute atomic E-state index is 0.485. The summed E-state index contributed by atoms with van der Waals surface area (Å²) in [6.45, 7) is 6.47. The fourth-order valence-electron chi connectivity index (χ4n) is 5.99. The van der Waals surface area contributed by atoms with Crippen LogP contribution in [0.2, 0.25) is 0 Å². The molecule has 2 aromatic carbocycles. The molecular weight excluding hydrogens is 516 g/mol. The van der Waals surface area contributed by atoms with E-state index in [4.69, 9.17) is 0 Å². The van der Waals surface area contributed by atoms with E-state index in [0.29, 0.717) is 11.8 Å². The maximum Gasteiger partial charge on any atom is 0.0672 e.